The topological polar surface area (TPSA) is 71.9 Å². The van der Waals surface area contributed by atoms with Crippen molar-refractivity contribution in [3.63, 3.8) is 0 Å². The summed E-state index contributed by atoms with van der Waals surface area (Å²) in [5.41, 5.74) is 0. The van der Waals surface area contributed by atoms with E-state index >= 15 is 0 Å². The van der Waals surface area contributed by atoms with Gasteiger partial charge in [-0.15, -0.1) is 0 Å². The molecule has 13 heavy (non-hydrogen) atoms. The summed E-state index contributed by atoms with van der Waals surface area (Å²) in [5.74, 6) is 1.31. The molecule has 1 saturated heterocycles. The van der Waals surface area contributed by atoms with Gasteiger partial charge in [0, 0.05) is 12.5 Å². The van der Waals surface area contributed by atoms with E-state index in [2.05, 4.69) is 10.1 Å². The fraction of sp³-hybridized carbons (Fsp3) is 0.625. The Balaban J connectivity index is 2.08. The Bertz CT molecular complexity index is 322. The highest BCUT2D eigenvalue weighted by Gasteiger charge is 2.22. The van der Waals surface area contributed by atoms with E-state index in [-0.39, 0.29) is 12.3 Å². The second kappa shape index (κ2) is 3.54. The first-order chi connectivity index (χ1) is 6.40. The third-order valence-corrected chi connectivity index (χ3v) is 2.01. The molecule has 1 unspecified atom stereocenters. The molecule has 1 aliphatic rings. The summed E-state index contributed by atoms with van der Waals surface area (Å²) in [6.45, 7) is 1.41. The van der Waals surface area contributed by atoms with Crippen LogP contribution in [0.2, 0.25) is 0 Å². The third-order valence-electron chi connectivity index (χ3n) is 2.01. The molecule has 5 heteroatoms. The summed E-state index contributed by atoms with van der Waals surface area (Å²) in [7, 11) is 0. The van der Waals surface area contributed by atoms with E-state index in [1.54, 1.807) is 0 Å². The number of ether oxygens (including phenoxy) is 1. The second-order valence-electron chi connectivity index (χ2n) is 2.94. The number of rotatable bonds is 2. The minimum absolute atomic E-state index is 0.181. The van der Waals surface area contributed by atoms with Crippen LogP contribution in [0.15, 0.2) is 4.52 Å². The first-order valence-corrected chi connectivity index (χ1v) is 4.17. The Morgan fingerprint density at radius 3 is 3.23 bits per heavy atom. The molecule has 0 saturated carbocycles. The highest BCUT2D eigenvalue weighted by atomic mass is 16.5. The standard InChI is InChI=1S/C8H9N3O2/c9-3-1-7-10-8(11-13-7)6-2-4-12-5-6/h6H,1-2,4-5H2. The van der Waals surface area contributed by atoms with Crippen LogP contribution in [0.4, 0.5) is 0 Å². The molecule has 0 radical (unpaired) electrons. The van der Waals surface area contributed by atoms with E-state index in [1.165, 1.54) is 0 Å². The second-order valence-corrected chi connectivity index (χ2v) is 2.94. The monoisotopic (exact) mass is 179 g/mol. The van der Waals surface area contributed by atoms with E-state index in [4.69, 9.17) is 14.5 Å². The molecule has 0 amide bonds. The molecule has 5 nitrogen and oxygen atoms in total. The number of aromatic nitrogens is 2. The van der Waals surface area contributed by atoms with Crippen molar-refractivity contribution < 1.29 is 9.26 Å². The lowest BCUT2D eigenvalue weighted by Crippen LogP contribution is -1.99. The van der Waals surface area contributed by atoms with Crippen LogP contribution in [0.25, 0.3) is 0 Å². The molecule has 0 bridgehead atoms. The lowest BCUT2D eigenvalue weighted by molar-refractivity contribution is 0.192. The third kappa shape index (κ3) is 1.68. The molecule has 68 valence electrons. The molecule has 1 atom stereocenters. The van der Waals surface area contributed by atoms with Gasteiger partial charge in [-0.1, -0.05) is 5.16 Å². The molecule has 0 N–H and O–H groups in total. The van der Waals surface area contributed by atoms with Crippen LogP contribution in [-0.2, 0) is 11.2 Å². The fourth-order valence-corrected chi connectivity index (χ4v) is 1.31. The van der Waals surface area contributed by atoms with Gasteiger partial charge in [0.1, 0.15) is 6.42 Å². The summed E-state index contributed by atoms with van der Waals surface area (Å²) in [6, 6.07) is 1.96. The molecule has 0 spiro atoms. The highest BCUT2D eigenvalue weighted by Crippen LogP contribution is 2.22. The summed E-state index contributed by atoms with van der Waals surface area (Å²) in [6.07, 6.45) is 1.12. The van der Waals surface area contributed by atoms with Gasteiger partial charge in [-0.3, -0.25) is 0 Å². The van der Waals surface area contributed by atoms with Crippen molar-refractivity contribution in [1.29, 1.82) is 5.26 Å². The van der Waals surface area contributed by atoms with Gasteiger partial charge in [0.25, 0.3) is 0 Å². The highest BCUT2D eigenvalue weighted by molar-refractivity contribution is 4.99. The van der Waals surface area contributed by atoms with Gasteiger partial charge in [-0.25, -0.2) is 0 Å². The predicted octanol–water partition coefficient (Wildman–Crippen LogP) is 0.640. The summed E-state index contributed by atoms with van der Waals surface area (Å²) >= 11 is 0. The first-order valence-electron chi connectivity index (χ1n) is 4.17. The molecule has 1 fully saturated rings. The number of nitriles is 1. The summed E-state index contributed by atoms with van der Waals surface area (Å²) in [5, 5.41) is 12.2. The fourth-order valence-electron chi connectivity index (χ4n) is 1.31. The van der Waals surface area contributed by atoms with Crippen LogP contribution in [0.1, 0.15) is 24.1 Å². The van der Waals surface area contributed by atoms with Crippen molar-refractivity contribution in [2.75, 3.05) is 13.2 Å². The van der Waals surface area contributed by atoms with E-state index in [0.29, 0.717) is 18.3 Å². The molecule has 2 heterocycles. The normalized spacial score (nSPS) is 21.6. The average Bonchev–Trinajstić information content (AvgIpc) is 2.70. The molecular formula is C8H9N3O2. The summed E-state index contributed by atoms with van der Waals surface area (Å²) in [4.78, 5) is 4.10. The van der Waals surface area contributed by atoms with Gasteiger partial charge < -0.3 is 9.26 Å². The maximum atomic E-state index is 8.39. The number of nitrogens with zero attached hydrogens (tertiary/aromatic N) is 3. The predicted molar refractivity (Wildman–Crippen MR) is 41.8 cm³/mol. The van der Waals surface area contributed by atoms with Crippen molar-refractivity contribution in [3.05, 3.63) is 11.7 Å². The van der Waals surface area contributed by atoms with E-state index in [0.717, 1.165) is 13.0 Å². The van der Waals surface area contributed by atoms with Crippen molar-refractivity contribution in [2.24, 2.45) is 0 Å². The Hall–Kier alpha value is -1.41. The smallest absolute Gasteiger partial charge is 0.240 e. The molecule has 1 aromatic heterocycles. The molecule has 0 aliphatic carbocycles. The van der Waals surface area contributed by atoms with Crippen LogP contribution >= 0.6 is 0 Å². The first kappa shape index (κ1) is 8.20. The van der Waals surface area contributed by atoms with E-state index in [9.17, 15) is 0 Å². The number of hydrogen-bond donors (Lipinski definition) is 0. The van der Waals surface area contributed by atoms with Gasteiger partial charge in [0.05, 0.1) is 12.7 Å². The maximum Gasteiger partial charge on any atom is 0.240 e. The molecule has 0 aromatic carbocycles. The lowest BCUT2D eigenvalue weighted by atomic mass is 10.1. The van der Waals surface area contributed by atoms with Crippen molar-refractivity contribution in [3.8, 4) is 6.07 Å². The minimum Gasteiger partial charge on any atom is -0.381 e. The zero-order valence-electron chi connectivity index (χ0n) is 7.06. The van der Waals surface area contributed by atoms with Gasteiger partial charge in [0.2, 0.25) is 5.89 Å². The molecule has 2 rings (SSSR count). The average molecular weight is 179 g/mol. The zero-order chi connectivity index (χ0) is 9.10. The van der Waals surface area contributed by atoms with E-state index < -0.39 is 0 Å². The SMILES string of the molecule is N#CCc1nc(C2CCOC2)no1. The Morgan fingerprint density at radius 2 is 2.54 bits per heavy atom. The van der Waals surface area contributed by atoms with Gasteiger partial charge in [0.15, 0.2) is 5.82 Å². The largest absolute Gasteiger partial charge is 0.381 e. The number of hydrogen-bond acceptors (Lipinski definition) is 5. The van der Waals surface area contributed by atoms with Crippen LogP contribution in [0, 0.1) is 11.3 Å². The van der Waals surface area contributed by atoms with Crippen LogP contribution in [0.3, 0.4) is 0 Å². The molecule has 1 aromatic rings. The van der Waals surface area contributed by atoms with Gasteiger partial charge in [-0.05, 0) is 6.42 Å². The van der Waals surface area contributed by atoms with Crippen LogP contribution < -0.4 is 0 Å². The lowest BCUT2D eigenvalue weighted by Gasteiger charge is -1.97. The quantitative estimate of drug-likeness (QED) is 0.666. The Labute approximate surface area is 75.3 Å². The van der Waals surface area contributed by atoms with Crippen molar-refractivity contribution >= 4 is 0 Å². The van der Waals surface area contributed by atoms with Crippen LogP contribution in [0.5, 0.6) is 0 Å². The van der Waals surface area contributed by atoms with Gasteiger partial charge in [-0.2, -0.15) is 10.2 Å². The molecule has 1 aliphatic heterocycles. The van der Waals surface area contributed by atoms with Gasteiger partial charge >= 0.3 is 0 Å². The maximum absolute atomic E-state index is 8.39. The van der Waals surface area contributed by atoms with Crippen LogP contribution in [-0.4, -0.2) is 23.4 Å². The Kier molecular flexibility index (Phi) is 2.23. The minimum atomic E-state index is 0.181. The Morgan fingerprint density at radius 1 is 1.62 bits per heavy atom. The van der Waals surface area contributed by atoms with Crippen molar-refractivity contribution in [1.82, 2.24) is 10.1 Å². The van der Waals surface area contributed by atoms with E-state index in [1.807, 2.05) is 6.07 Å². The van der Waals surface area contributed by atoms with Crippen molar-refractivity contribution in [2.45, 2.75) is 18.8 Å². The molecular weight excluding hydrogens is 170 g/mol. The zero-order valence-corrected chi connectivity index (χ0v) is 7.06. The summed E-state index contributed by atoms with van der Waals surface area (Å²) < 4.78 is 10.1.